The lowest BCUT2D eigenvalue weighted by atomic mass is 9.77. The molecule has 1 saturated heterocycles. The molecule has 3 atom stereocenters. The Morgan fingerprint density at radius 2 is 2.31 bits per heavy atom. The normalized spacial score (nSPS) is 40.1. The summed E-state index contributed by atoms with van der Waals surface area (Å²) < 4.78 is 5.37. The fourth-order valence-electron chi connectivity index (χ4n) is 3.13. The molecule has 1 heterocycles. The van der Waals surface area contributed by atoms with Gasteiger partial charge < -0.3 is 15.8 Å². The maximum absolute atomic E-state index is 6.44. The van der Waals surface area contributed by atoms with E-state index < -0.39 is 0 Å². The lowest BCUT2D eigenvalue weighted by Crippen LogP contribution is -2.52. The first-order chi connectivity index (χ1) is 7.68. The number of hydrogen-bond donors (Lipinski definition) is 2. The summed E-state index contributed by atoms with van der Waals surface area (Å²) in [6.45, 7) is 6.25. The van der Waals surface area contributed by atoms with Gasteiger partial charge in [0.05, 0.1) is 6.61 Å². The standard InChI is InChI=1S/C13H26N2O/c1-11-3-2-5-13(14,7-11)10-15-8-12-4-6-16-9-12/h11-12,15H,2-10,14H2,1H3. The second-order valence-electron chi connectivity index (χ2n) is 5.92. The highest BCUT2D eigenvalue weighted by Crippen LogP contribution is 2.29. The van der Waals surface area contributed by atoms with Gasteiger partial charge in [0.2, 0.25) is 0 Å². The third-order valence-electron chi connectivity index (χ3n) is 4.06. The molecule has 1 saturated carbocycles. The molecule has 0 radical (unpaired) electrons. The topological polar surface area (TPSA) is 47.3 Å². The zero-order valence-electron chi connectivity index (χ0n) is 10.5. The molecule has 94 valence electrons. The number of nitrogens with one attached hydrogen (secondary N) is 1. The van der Waals surface area contributed by atoms with Crippen molar-refractivity contribution in [3.63, 3.8) is 0 Å². The van der Waals surface area contributed by atoms with Crippen LogP contribution in [0.5, 0.6) is 0 Å². The summed E-state index contributed by atoms with van der Waals surface area (Å²) in [5.41, 5.74) is 6.49. The van der Waals surface area contributed by atoms with E-state index in [-0.39, 0.29) is 5.54 Å². The Bertz CT molecular complexity index is 216. The Balaban J connectivity index is 1.67. The highest BCUT2D eigenvalue weighted by molar-refractivity contribution is 4.91. The van der Waals surface area contributed by atoms with Gasteiger partial charge in [0.15, 0.2) is 0 Å². The molecule has 0 aromatic carbocycles. The highest BCUT2D eigenvalue weighted by atomic mass is 16.5. The van der Waals surface area contributed by atoms with Crippen LogP contribution in [-0.4, -0.2) is 31.8 Å². The largest absolute Gasteiger partial charge is 0.381 e. The van der Waals surface area contributed by atoms with Crippen molar-refractivity contribution >= 4 is 0 Å². The maximum Gasteiger partial charge on any atom is 0.0507 e. The van der Waals surface area contributed by atoms with E-state index >= 15 is 0 Å². The van der Waals surface area contributed by atoms with Gasteiger partial charge in [0.25, 0.3) is 0 Å². The average molecular weight is 226 g/mol. The third-order valence-corrected chi connectivity index (χ3v) is 4.06. The predicted molar refractivity (Wildman–Crippen MR) is 66.3 cm³/mol. The minimum Gasteiger partial charge on any atom is -0.381 e. The van der Waals surface area contributed by atoms with Crippen LogP contribution < -0.4 is 11.1 Å². The highest BCUT2D eigenvalue weighted by Gasteiger charge is 2.30. The van der Waals surface area contributed by atoms with Crippen LogP contribution in [-0.2, 0) is 4.74 Å². The molecule has 2 rings (SSSR count). The lowest BCUT2D eigenvalue weighted by molar-refractivity contribution is 0.182. The molecule has 0 aromatic heterocycles. The minimum atomic E-state index is 0.0527. The predicted octanol–water partition coefficient (Wildman–Crippen LogP) is 1.52. The first-order valence-corrected chi connectivity index (χ1v) is 6.75. The van der Waals surface area contributed by atoms with Gasteiger partial charge in [-0.2, -0.15) is 0 Å². The molecule has 3 N–H and O–H groups in total. The molecular formula is C13H26N2O. The molecule has 0 spiro atoms. The minimum absolute atomic E-state index is 0.0527. The summed E-state index contributed by atoms with van der Waals surface area (Å²) in [6, 6.07) is 0. The van der Waals surface area contributed by atoms with E-state index in [1.54, 1.807) is 0 Å². The van der Waals surface area contributed by atoms with Gasteiger partial charge in [-0.1, -0.05) is 19.8 Å². The van der Waals surface area contributed by atoms with Gasteiger partial charge in [-0.05, 0) is 31.1 Å². The summed E-state index contributed by atoms with van der Waals surface area (Å²) >= 11 is 0. The average Bonchev–Trinajstić information content (AvgIpc) is 2.69. The van der Waals surface area contributed by atoms with Gasteiger partial charge in [-0.25, -0.2) is 0 Å². The van der Waals surface area contributed by atoms with Crippen LogP contribution in [0.2, 0.25) is 0 Å². The molecule has 1 aliphatic carbocycles. The van der Waals surface area contributed by atoms with E-state index in [4.69, 9.17) is 10.5 Å². The van der Waals surface area contributed by atoms with Crippen molar-refractivity contribution in [1.82, 2.24) is 5.32 Å². The van der Waals surface area contributed by atoms with E-state index in [1.165, 1.54) is 32.1 Å². The van der Waals surface area contributed by atoms with Gasteiger partial charge >= 0.3 is 0 Å². The quantitative estimate of drug-likeness (QED) is 0.764. The third kappa shape index (κ3) is 3.44. The van der Waals surface area contributed by atoms with Crippen LogP contribution in [0.4, 0.5) is 0 Å². The molecule has 3 nitrogen and oxygen atoms in total. The van der Waals surface area contributed by atoms with E-state index in [0.717, 1.165) is 32.2 Å². The van der Waals surface area contributed by atoms with Gasteiger partial charge in [0.1, 0.15) is 0 Å². The van der Waals surface area contributed by atoms with Crippen LogP contribution >= 0.6 is 0 Å². The summed E-state index contributed by atoms with van der Waals surface area (Å²) in [7, 11) is 0. The van der Waals surface area contributed by atoms with Crippen molar-refractivity contribution in [3.05, 3.63) is 0 Å². The zero-order valence-corrected chi connectivity index (χ0v) is 10.5. The molecule has 16 heavy (non-hydrogen) atoms. The zero-order chi connectivity index (χ0) is 11.4. The smallest absolute Gasteiger partial charge is 0.0507 e. The first kappa shape index (κ1) is 12.3. The molecule has 0 bridgehead atoms. The maximum atomic E-state index is 6.44. The van der Waals surface area contributed by atoms with Crippen LogP contribution in [0.1, 0.15) is 39.0 Å². The molecule has 2 aliphatic rings. The van der Waals surface area contributed by atoms with Crippen LogP contribution in [0.3, 0.4) is 0 Å². The molecule has 2 fully saturated rings. The van der Waals surface area contributed by atoms with Crippen molar-refractivity contribution in [1.29, 1.82) is 0 Å². The Morgan fingerprint density at radius 3 is 3.00 bits per heavy atom. The SMILES string of the molecule is CC1CCCC(N)(CNCC2CCOC2)C1. The van der Waals surface area contributed by atoms with Crippen LogP contribution in [0.15, 0.2) is 0 Å². The summed E-state index contributed by atoms with van der Waals surface area (Å²) in [4.78, 5) is 0. The van der Waals surface area contributed by atoms with Crippen LogP contribution in [0.25, 0.3) is 0 Å². The molecule has 3 heteroatoms. The Morgan fingerprint density at radius 1 is 1.44 bits per heavy atom. The monoisotopic (exact) mass is 226 g/mol. The van der Waals surface area contributed by atoms with Crippen LogP contribution in [0, 0.1) is 11.8 Å². The van der Waals surface area contributed by atoms with Gasteiger partial charge in [-0.15, -0.1) is 0 Å². The molecular weight excluding hydrogens is 200 g/mol. The number of rotatable bonds is 4. The number of hydrogen-bond acceptors (Lipinski definition) is 3. The van der Waals surface area contributed by atoms with E-state index in [0.29, 0.717) is 5.92 Å². The van der Waals surface area contributed by atoms with Crippen molar-refractivity contribution in [2.75, 3.05) is 26.3 Å². The molecule has 3 unspecified atom stereocenters. The Labute approximate surface area is 99.1 Å². The fourth-order valence-corrected chi connectivity index (χ4v) is 3.13. The molecule has 1 aliphatic heterocycles. The molecule has 0 aromatic rings. The van der Waals surface area contributed by atoms with Gasteiger partial charge in [-0.3, -0.25) is 0 Å². The molecule has 0 amide bonds. The summed E-state index contributed by atoms with van der Waals surface area (Å²) in [5.74, 6) is 1.51. The van der Waals surface area contributed by atoms with E-state index in [1.807, 2.05) is 0 Å². The van der Waals surface area contributed by atoms with Crippen molar-refractivity contribution in [3.8, 4) is 0 Å². The first-order valence-electron chi connectivity index (χ1n) is 6.75. The Kier molecular flexibility index (Phi) is 4.22. The van der Waals surface area contributed by atoms with E-state index in [9.17, 15) is 0 Å². The number of ether oxygens (including phenoxy) is 1. The van der Waals surface area contributed by atoms with E-state index in [2.05, 4.69) is 12.2 Å². The van der Waals surface area contributed by atoms with Gasteiger partial charge in [0, 0.05) is 25.2 Å². The van der Waals surface area contributed by atoms with Crippen molar-refractivity contribution in [2.45, 2.75) is 44.6 Å². The Hall–Kier alpha value is -0.120. The van der Waals surface area contributed by atoms with Crippen molar-refractivity contribution < 1.29 is 4.74 Å². The summed E-state index contributed by atoms with van der Waals surface area (Å²) in [5, 5.41) is 3.55. The second-order valence-corrected chi connectivity index (χ2v) is 5.92. The number of nitrogens with two attached hydrogens (primary N) is 1. The second kappa shape index (κ2) is 5.48. The van der Waals surface area contributed by atoms with Crippen molar-refractivity contribution in [2.24, 2.45) is 17.6 Å². The summed E-state index contributed by atoms with van der Waals surface area (Å²) in [6.07, 6.45) is 6.23. The fraction of sp³-hybridized carbons (Fsp3) is 1.00. The lowest BCUT2D eigenvalue weighted by Gasteiger charge is -2.37.